The van der Waals surface area contributed by atoms with Gasteiger partial charge in [0, 0.05) is 17.7 Å². The third-order valence-corrected chi connectivity index (χ3v) is 12.4. The molecule has 0 saturated heterocycles. The average molecular weight is 370 g/mol. The van der Waals surface area contributed by atoms with Crippen molar-refractivity contribution in [1.29, 1.82) is 0 Å². The molecule has 140 valence electrons. The van der Waals surface area contributed by atoms with E-state index in [1.54, 1.807) is 0 Å². The molecule has 0 heterocycles. The lowest BCUT2D eigenvalue weighted by atomic mass is 9.88. The second-order valence-electron chi connectivity index (χ2n) is 9.90. The van der Waals surface area contributed by atoms with Crippen LogP contribution in [0.15, 0.2) is 22.3 Å². The quantitative estimate of drug-likeness (QED) is 0.496. The Morgan fingerprint density at radius 1 is 0.846 bits per heavy atom. The molecule has 0 aromatic carbocycles. The zero-order valence-electron chi connectivity index (χ0n) is 15.8. The lowest BCUT2D eigenvalue weighted by Crippen LogP contribution is -2.21. The summed E-state index contributed by atoms with van der Waals surface area (Å²) >= 11 is 0. The van der Waals surface area contributed by atoms with Crippen LogP contribution < -0.4 is 0 Å². The Balaban J connectivity index is 1.35. The fraction of sp³-hybridized carbons (Fsp3) is 0.783. The molecule has 1 N–H and O–H groups in total. The number of carboxylic acid groups (broad SMARTS) is 1. The standard InChI is InChI=1S/C23H31O2P/c24-21(25)9-10-26(19-7-5-17-13-1-3-15(11-13)22(17)19)20-8-6-18-14-2-4-16(12-14)23(18)20/h13-14,17-20H,1-12H2,(H,24,25). The van der Waals surface area contributed by atoms with Crippen molar-refractivity contribution in [3.8, 4) is 0 Å². The number of rotatable bonds is 5. The summed E-state index contributed by atoms with van der Waals surface area (Å²) in [5.41, 5.74) is 9.07. The van der Waals surface area contributed by atoms with E-state index in [9.17, 15) is 9.90 Å². The van der Waals surface area contributed by atoms with Crippen molar-refractivity contribution in [2.24, 2.45) is 23.7 Å². The zero-order chi connectivity index (χ0) is 17.4. The number of hydrogen-bond donors (Lipinski definition) is 1. The lowest BCUT2D eigenvalue weighted by molar-refractivity contribution is -0.136. The summed E-state index contributed by atoms with van der Waals surface area (Å²) in [4.78, 5) is 11.4. The topological polar surface area (TPSA) is 37.3 Å². The number of hydrogen-bond acceptors (Lipinski definition) is 1. The number of carboxylic acids is 1. The molecule has 26 heavy (non-hydrogen) atoms. The first kappa shape index (κ1) is 16.3. The molecule has 6 unspecified atom stereocenters. The molecule has 2 nitrogen and oxygen atoms in total. The summed E-state index contributed by atoms with van der Waals surface area (Å²) in [6.07, 6.45) is 15.5. The molecule has 6 aliphatic carbocycles. The van der Waals surface area contributed by atoms with Crippen molar-refractivity contribution in [3.05, 3.63) is 22.3 Å². The summed E-state index contributed by atoms with van der Waals surface area (Å²) in [6, 6.07) is 0. The highest BCUT2D eigenvalue weighted by Gasteiger charge is 2.52. The van der Waals surface area contributed by atoms with Crippen LogP contribution in [0.2, 0.25) is 0 Å². The Bertz CT molecular complexity index is 668. The minimum Gasteiger partial charge on any atom is -0.481 e. The van der Waals surface area contributed by atoms with Gasteiger partial charge in [0.2, 0.25) is 0 Å². The molecule has 4 bridgehead atoms. The van der Waals surface area contributed by atoms with E-state index in [0.717, 1.165) is 41.2 Å². The Morgan fingerprint density at radius 2 is 1.38 bits per heavy atom. The van der Waals surface area contributed by atoms with Crippen LogP contribution in [-0.2, 0) is 4.79 Å². The maximum absolute atomic E-state index is 11.4. The van der Waals surface area contributed by atoms with Gasteiger partial charge in [-0.1, -0.05) is 30.2 Å². The van der Waals surface area contributed by atoms with E-state index in [1.807, 2.05) is 22.3 Å². The van der Waals surface area contributed by atoms with Gasteiger partial charge in [-0.25, -0.2) is 0 Å². The Labute approximate surface area is 158 Å². The van der Waals surface area contributed by atoms with Gasteiger partial charge in [0.1, 0.15) is 0 Å². The number of allylic oxidation sites excluding steroid dienone is 4. The predicted octanol–water partition coefficient (Wildman–Crippen LogP) is 5.72. The van der Waals surface area contributed by atoms with Gasteiger partial charge in [-0.3, -0.25) is 4.79 Å². The van der Waals surface area contributed by atoms with Gasteiger partial charge >= 0.3 is 5.97 Å². The van der Waals surface area contributed by atoms with Gasteiger partial charge in [-0.05, 0) is 94.0 Å². The van der Waals surface area contributed by atoms with E-state index < -0.39 is 5.97 Å². The van der Waals surface area contributed by atoms with Crippen molar-refractivity contribution in [2.45, 2.75) is 81.9 Å². The molecule has 4 saturated carbocycles. The molecule has 4 fully saturated rings. The van der Waals surface area contributed by atoms with Crippen LogP contribution in [0.25, 0.3) is 0 Å². The van der Waals surface area contributed by atoms with Crippen LogP contribution in [0, 0.1) is 23.7 Å². The molecule has 3 heteroatoms. The smallest absolute Gasteiger partial charge is 0.303 e. The summed E-state index contributed by atoms with van der Waals surface area (Å²) in [7, 11) is -0.179. The average Bonchev–Trinajstić information content (AvgIpc) is 3.39. The molecule has 0 radical (unpaired) electrons. The van der Waals surface area contributed by atoms with E-state index in [1.165, 1.54) is 64.2 Å². The second-order valence-corrected chi connectivity index (χ2v) is 12.6. The number of carbonyl (C=O) groups is 1. The minimum atomic E-state index is -0.571. The fourth-order valence-electron chi connectivity index (χ4n) is 8.18. The van der Waals surface area contributed by atoms with E-state index in [-0.39, 0.29) is 7.92 Å². The highest BCUT2D eigenvalue weighted by Crippen LogP contribution is 2.69. The van der Waals surface area contributed by atoms with Crippen LogP contribution in [0.5, 0.6) is 0 Å². The summed E-state index contributed by atoms with van der Waals surface area (Å²) in [5, 5.41) is 9.42. The van der Waals surface area contributed by atoms with Crippen molar-refractivity contribution in [2.75, 3.05) is 6.16 Å². The molecule has 6 aliphatic rings. The van der Waals surface area contributed by atoms with E-state index >= 15 is 0 Å². The number of fused-ring (bicyclic) bond motifs is 8. The van der Waals surface area contributed by atoms with Gasteiger partial charge in [0.15, 0.2) is 0 Å². The SMILES string of the molecule is O=C(O)CCP(C1CCC2C1=C1CCC2C1)C1CCC2C1=C1CCC2C1. The van der Waals surface area contributed by atoms with Gasteiger partial charge in [0.25, 0.3) is 0 Å². The molecule has 0 amide bonds. The van der Waals surface area contributed by atoms with Crippen molar-refractivity contribution < 1.29 is 9.90 Å². The van der Waals surface area contributed by atoms with E-state index in [2.05, 4.69) is 0 Å². The molecular formula is C23H31O2P. The van der Waals surface area contributed by atoms with Crippen molar-refractivity contribution in [3.63, 3.8) is 0 Å². The monoisotopic (exact) mass is 370 g/mol. The molecule has 0 aromatic rings. The summed E-state index contributed by atoms with van der Waals surface area (Å²) in [5.74, 6) is 3.20. The largest absolute Gasteiger partial charge is 0.481 e. The third-order valence-electron chi connectivity index (χ3n) is 9.01. The Kier molecular flexibility index (Phi) is 3.73. The number of aliphatic carboxylic acids is 1. The van der Waals surface area contributed by atoms with Gasteiger partial charge < -0.3 is 5.11 Å². The first-order valence-electron chi connectivity index (χ1n) is 11.1. The van der Waals surface area contributed by atoms with E-state index in [4.69, 9.17) is 0 Å². The van der Waals surface area contributed by atoms with Crippen LogP contribution >= 0.6 is 7.92 Å². The van der Waals surface area contributed by atoms with E-state index in [0.29, 0.717) is 6.42 Å². The van der Waals surface area contributed by atoms with Crippen LogP contribution in [0.4, 0.5) is 0 Å². The van der Waals surface area contributed by atoms with Crippen molar-refractivity contribution in [1.82, 2.24) is 0 Å². The summed E-state index contributed by atoms with van der Waals surface area (Å²) in [6.45, 7) is 0. The first-order chi connectivity index (χ1) is 12.7. The Morgan fingerprint density at radius 3 is 1.88 bits per heavy atom. The molecule has 6 rings (SSSR count). The Hall–Kier alpha value is -0.620. The fourth-order valence-corrected chi connectivity index (χ4v) is 12.1. The van der Waals surface area contributed by atoms with Crippen LogP contribution in [-0.4, -0.2) is 28.6 Å². The van der Waals surface area contributed by atoms with Crippen LogP contribution in [0.1, 0.15) is 70.6 Å². The molecule has 0 spiro atoms. The highest BCUT2D eigenvalue weighted by molar-refractivity contribution is 7.59. The van der Waals surface area contributed by atoms with Gasteiger partial charge in [0.05, 0.1) is 0 Å². The molecule has 0 aliphatic heterocycles. The maximum atomic E-state index is 11.4. The van der Waals surface area contributed by atoms with Gasteiger partial charge in [-0.2, -0.15) is 0 Å². The first-order valence-corrected chi connectivity index (χ1v) is 12.8. The third kappa shape index (κ3) is 2.24. The van der Waals surface area contributed by atoms with Crippen molar-refractivity contribution >= 4 is 13.9 Å². The highest BCUT2D eigenvalue weighted by atomic mass is 31.1. The van der Waals surface area contributed by atoms with Gasteiger partial charge in [-0.15, -0.1) is 0 Å². The summed E-state index contributed by atoms with van der Waals surface area (Å²) < 4.78 is 0. The normalized spacial score (nSPS) is 43.5. The zero-order valence-corrected chi connectivity index (χ0v) is 16.6. The predicted molar refractivity (Wildman–Crippen MR) is 106 cm³/mol. The molecular weight excluding hydrogens is 339 g/mol. The molecule has 0 aromatic heterocycles. The second kappa shape index (κ2) is 5.94. The minimum absolute atomic E-state index is 0.179. The van der Waals surface area contributed by atoms with Crippen LogP contribution in [0.3, 0.4) is 0 Å². The lowest BCUT2D eigenvalue weighted by Gasteiger charge is -2.35. The maximum Gasteiger partial charge on any atom is 0.303 e. The molecule has 6 atom stereocenters.